The average molecular weight is 466 g/mol. The SMILES string of the molecule is CN1CCN(c2ccc(C(=O)N3CCC4(CCN(C5=CC(Cl)C(C#N)C=C5)C4)C3)cc2)CC1. The molecule has 174 valence electrons. The largest absolute Gasteiger partial charge is 0.371 e. The summed E-state index contributed by atoms with van der Waals surface area (Å²) in [7, 11) is 2.16. The van der Waals surface area contributed by atoms with Crippen LogP contribution in [-0.4, -0.2) is 85.4 Å². The quantitative estimate of drug-likeness (QED) is 0.642. The number of hydrogen-bond acceptors (Lipinski definition) is 5. The van der Waals surface area contributed by atoms with Crippen LogP contribution in [0.25, 0.3) is 0 Å². The van der Waals surface area contributed by atoms with Crippen molar-refractivity contribution in [2.45, 2.75) is 18.2 Å². The van der Waals surface area contributed by atoms with Gasteiger partial charge in [0.15, 0.2) is 0 Å². The fraction of sp³-hybridized carbons (Fsp3) is 0.538. The van der Waals surface area contributed by atoms with Gasteiger partial charge in [-0.15, -0.1) is 11.6 Å². The number of likely N-dealkylation sites (tertiary alicyclic amines) is 2. The Hall–Kier alpha value is -2.49. The number of allylic oxidation sites excluding steroid dienone is 3. The number of nitriles is 1. The van der Waals surface area contributed by atoms with Crippen LogP contribution in [0.5, 0.6) is 0 Å². The monoisotopic (exact) mass is 465 g/mol. The van der Waals surface area contributed by atoms with Gasteiger partial charge in [-0.1, -0.05) is 6.08 Å². The number of halogens is 1. The van der Waals surface area contributed by atoms with Crippen LogP contribution in [0.1, 0.15) is 23.2 Å². The summed E-state index contributed by atoms with van der Waals surface area (Å²) < 4.78 is 0. The number of amides is 1. The van der Waals surface area contributed by atoms with Crippen molar-refractivity contribution in [3.8, 4) is 6.07 Å². The van der Waals surface area contributed by atoms with Gasteiger partial charge in [-0.2, -0.15) is 5.26 Å². The molecule has 3 fully saturated rings. The van der Waals surface area contributed by atoms with E-state index < -0.39 is 0 Å². The Kier molecular flexibility index (Phi) is 6.11. The predicted molar refractivity (Wildman–Crippen MR) is 131 cm³/mol. The molecule has 6 nitrogen and oxygen atoms in total. The number of nitrogens with zero attached hydrogens (tertiary/aromatic N) is 5. The van der Waals surface area contributed by atoms with E-state index in [9.17, 15) is 10.1 Å². The molecule has 4 aliphatic rings. The lowest BCUT2D eigenvalue weighted by Crippen LogP contribution is -2.44. The van der Waals surface area contributed by atoms with E-state index >= 15 is 0 Å². The van der Waals surface area contributed by atoms with Crippen LogP contribution in [0.15, 0.2) is 48.2 Å². The van der Waals surface area contributed by atoms with Crippen molar-refractivity contribution in [2.24, 2.45) is 11.3 Å². The highest BCUT2D eigenvalue weighted by Crippen LogP contribution is 2.42. The summed E-state index contributed by atoms with van der Waals surface area (Å²) in [6.45, 7) is 7.75. The first-order valence-electron chi connectivity index (χ1n) is 12.0. The Morgan fingerprint density at radius 2 is 1.76 bits per heavy atom. The zero-order valence-corrected chi connectivity index (χ0v) is 20.0. The zero-order valence-electron chi connectivity index (χ0n) is 19.3. The molecule has 1 aliphatic carbocycles. The Labute approximate surface area is 201 Å². The summed E-state index contributed by atoms with van der Waals surface area (Å²) in [6.07, 6.45) is 8.07. The van der Waals surface area contributed by atoms with E-state index in [0.29, 0.717) is 0 Å². The molecule has 3 atom stereocenters. The first-order valence-corrected chi connectivity index (χ1v) is 12.4. The number of likely N-dealkylation sites (N-methyl/N-ethyl adjacent to an activating group) is 1. The standard InChI is InChI=1S/C26H32ClN5O/c1-29-12-14-30(15-13-29)22-5-2-20(3-6-22)25(33)32-11-9-26(19-32)8-10-31(18-26)23-7-4-21(17-28)24(27)16-23/h2-7,16,21,24H,8-15,18-19H2,1H3. The minimum atomic E-state index is -0.276. The van der Waals surface area contributed by atoms with Crippen LogP contribution in [-0.2, 0) is 0 Å². The van der Waals surface area contributed by atoms with Crippen LogP contribution in [0.2, 0.25) is 0 Å². The van der Waals surface area contributed by atoms with Crippen LogP contribution < -0.4 is 4.90 Å². The van der Waals surface area contributed by atoms with Gasteiger partial charge in [-0.3, -0.25) is 4.79 Å². The van der Waals surface area contributed by atoms with Crippen molar-refractivity contribution < 1.29 is 4.79 Å². The molecule has 3 saturated heterocycles. The van der Waals surface area contributed by atoms with Gasteiger partial charge in [0.2, 0.25) is 0 Å². The van der Waals surface area contributed by atoms with E-state index in [1.165, 1.54) is 5.69 Å². The second kappa shape index (κ2) is 9.04. The molecule has 1 amide bonds. The van der Waals surface area contributed by atoms with Gasteiger partial charge >= 0.3 is 0 Å². The topological polar surface area (TPSA) is 53.8 Å². The van der Waals surface area contributed by atoms with E-state index in [2.05, 4.69) is 39.9 Å². The Morgan fingerprint density at radius 3 is 2.45 bits per heavy atom. The molecule has 1 aromatic rings. The van der Waals surface area contributed by atoms with Crippen molar-refractivity contribution >= 4 is 23.2 Å². The highest BCUT2D eigenvalue weighted by molar-refractivity contribution is 6.22. The van der Waals surface area contributed by atoms with E-state index in [1.807, 2.05) is 35.3 Å². The molecule has 3 heterocycles. The van der Waals surface area contributed by atoms with Crippen molar-refractivity contribution in [3.63, 3.8) is 0 Å². The van der Waals surface area contributed by atoms with Crippen molar-refractivity contribution in [1.82, 2.24) is 14.7 Å². The molecule has 0 radical (unpaired) electrons. The molecule has 33 heavy (non-hydrogen) atoms. The molecule has 0 N–H and O–H groups in total. The van der Waals surface area contributed by atoms with Gasteiger partial charge in [0.05, 0.1) is 17.4 Å². The average Bonchev–Trinajstić information content (AvgIpc) is 3.46. The number of carbonyl (C=O) groups is 1. The number of benzene rings is 1. The van der Waals surface area contributed by atoms with Crippen LogP contribution >= 0.6 is 11.6 Å². The molecular formula is C26H32ClN5O. The van der Waals surface area contributed by atoms with Gasteiger partial charge in [0, 0.05) is 74.7 Å². The summed E-state index contributed by atoms with van der Waals surface area (Å²) in [5, 5.41) is 8.90. The van der Waals surface area contributed by atoms with Crippen molar-refractivity contribution in [3.05, 3.63) is 53.8 Å². The number of anilines is 1. The smallest absolute Gasteiger partial charge is 0.253 e. The minimum absolute atomic E-state index is 0.143. The second-order valence-corrected chi connectivity index (χ2v) is 10.5. The number of carbonyl (C=O) groups excluding carboxylic acids is 1. The number of rotatable bonds is 3. The first kappa shape index (κ1) is 22.3. The molecule has 5 rings (SSSR count). The van der Waals surface area contributed by atoms with Crippen LogP contribution in [0.4, 0.5) is 5.69 Å². The molecule has 1 aromatic carbocycles. The summed E-state index contributed by atoms with van der Waals surface area (Å²) in [5.74, 6) is -0.112. The lowest BCUT2D eigenvalue weighted by atomic mass is 9.86. The summed E-state index contributed by atoms with van der Waals surface area (Å²) >= 11 is 6.37. The van der Waals surface area contributed by atoms with E-state index in [1.54, 1.807) is 0 Å². The van der Waals surface area contributed by atoms with Crippen molar-refractivity contribution in [2.75, 3.05) is 64.3 Å². The summed E-state index contributed by atoms with van der Waals surface area (Å²) in [4.78, 5) is 22.4. The van der Waals surface area contributed by atoms with Crippen molar-refractivity contribution in [1.29, 1.82) is 5.26 Å². The Morgan fingerprint density at radius 1 is 1.03 bits per heavy atom. The van der Waals surface area contributed by atoms with Gasteiger partial charge < -0.3 is 19.6 Å². The maximum atomic E-state index is 13.2. The highest BCUT2D eigenvalue weighted by Gasteiger charge is 2.45. The van der Waals surface area contributed by atoms with E-state index in [4.69, 9.17) is 11.6 Å². The second-order valence-electron chi connectivity index (χ2n) is 10.0. The van der Waals surface area contributed by atoms with E-state index in [0.717, 1.165) is 76.5 Å². The Balaban J connectivity index is 1.19. The van der Waals surface area contributed by atoms with Crippen LogP contribution in [0, 0.1) is 22.7 Å². The molecule has 0 saturated carbocycles. The van der Waals surface area contributed by atoms with Gasteiger partial charge in [0.25, 0.3) is 5.91 Å². The molecule has 0 bridgehead atoms. The third-order valence-electron chi connectivity index (χ3n) is 7.81. The fourth-order valence-corrected chi connectivity index (χ4v) is 5.88. The molecule has 1 spiro atoms. The minimum Gasteiger partial charge on any atom is -0.371 e. The molecule has 0 aromatic heterocycles. The van der Waals surface area contributed by atoms with Crippen LogP contribution in [0.3, 0.4) is 0 Å². The summed E-state index contributed by atoms with van der Waals surface area (Å²) in [5.41, 5.74) is 3.25. The predicted octanol–water partition coefficient (Wildman–Crippen LogP) is 3.18. The fourth-order valence-electron chi connectivity index (χ4n) is 5.61. The van der Waals surface area contributed by atoms with Gasteiger partial charge in [0.1, 0.15) is 0 Å². The first-order chi connectivity index (χ1) is 16.0. The number of alkyl halides is 1. The number of piperazine rings is 1. The van der Waals surface area contributed by atoms with Gasteiger partial charge in [-0.05, 0) is 56.3 Å². The third-order valence-corrected chi connectivity index (χ3v) is 8.21. The Bertz CT molecular complexity index is 991. The summed E-state index contributed by atoms with van der Waals surface area (Å²) in [6, 6.07) is 10.4. The maximum absolute atomic E-state index is 13.2. The maximum Gasteiger partial charge on any atom is 0.253 e. The molecule has 3 aliphatic heterocycles. The van der Waals surface area contributed by atoms with E-state index in [-0.39, 0.29) is 22.6 Å². The lowest BCUT2D eigenvalue weighted by molar-refractivity contribution is 0.0774. The molecule has 3 unspecified atom stereocenters. The lowest BCUT2D eigenvalue weighted by Gasteiger charge is -2.34. The number of hydrogen-bond donors (Lipinski definition) is 0. The third kappa shape index (κ3) is 4.49. The molecular weight excluding hydrogens is 434 g/mol. The highest BCUT2D eigenvalue weighted by atomic mass is 35.5. The normalized spacial score (nSPS) is 30.1. The molecule has 7 heteroatoms. The zero-order chi connectivity index (χ0) is 23.0. The van der Waals surface area contributed by atoms with Gasteiger partial charge in [-0.25, -0.2) is 0 Å².